The molecule has 1 rings (SSSR count). The van der Waals surface area contributed by atoms with Crippen LogP contribution in [0.2, 0.25) is 0 Å². The Morgan fingerprint density at radius 3 is 2.50 bits per heavy atom. The lowest BCUT2D eigenvalue weighted by atomic mass is 9.94. The third kappa shape index (κ3) is 2.64. The smallest absolute Gasteiger partial charge is 0.126 e. The molecule has 1 aromatic rings. The molecule has 4 N–H and O–H groups in total. The number of nitrogen functional groups attached to an aromatic ring is 1. The second-order valence-corrected chi connectivity index (χ2v) is 4.20. The molecule has 0 aromatic carbocycles. The molecule has 0 radical (unpaired) electrons. The molecule has 4 heteroatoms. The Bertz CT molecular complexity index is 340. The van der Waals surface area contributed by atoms with Crippen LogP contribution in [0.1, 0.15) is 32.3 Å². The molecule has 1 heterocycles. The summed E-state index contributed by atoms with van der Waals surface area (Å²) >= 11 is 0. The van der Waals surface area contributed by atoms with Crippen molar-refractivity contribution >= 4 is 11.5 Å². The van der Waals surface area contributed by atoms with Gasteiger partial charge in [-0.3, -0.25) is 0 Å². The number of nitrogens with one attached hydrogen (secondary N) is 1. The Morgan fingerprint density at radius 1 is 1.44 bits per heavy atom. The largest absolute Gasteiger partial charge is 0.397 e. The number of pyridine rings is 1. The van der Waals surface area contributed by atoms with E-state index in [1.807, 2.05) is 13.0 Å². The van der Waals surface area contributed by atoms with Crippen molar-refractivity contribution in [2.75, 3.05) is 17.7 Å². The minimum absolute atomic E-state index is 0.102. The van der Waals surface area contributed by atoms with Gasteiger partial charge in [0, 0.05) is 0 Å². The lowest BCUT2D eigenvalue weighted by molar-refractivity contribution is 0.202. The number of aryl methyl sites for hydroxylation is 1. The second-order valence-electron chi connectivity index (χ2n) is 4.20. The van der Waals surface area contributed by atoms with Gasteiger partial charge in [-0.25, -0.2) is 4.98 Å². The first kappa shape index (κ1) is 12.8. The van der Waals surface area contributed by atoms with Crippen molar-refractivity contribution in [3.05, 3.63) is 17.8 Å². The highest BCUT2D eigenvalue weighted by Crippen LogP contribution is 2.22. The first-order chi connectivity index (χ1) is 7.56. The normalized spacial score (nSPS) is 11.5. The molecule has 16 heavy (non-hydrogen) atoms. The van der Waals surface area contributed by atoms with E-state index in [4.69, 9.17) is 5.73 Å². The number of hydrogen-bond acceptors (Lipinski definition) is 4. The monoisotopic (exact) mass is 223 g/mol. The van der Waals surface area contributed by atoms with Crippen LogP contribution in [0.5, 0.6) is 0 Å². The molecule has 4 nitrogen and oxygen atoms in total. The maximum atomic E-state index is 9.45. The first-order valence-corrected chi connectivity index (χ1v) is 5.68. The van der Waals surface area contributed by atoms with Crippen molar-refractivity contribution in [1.29, 1.82) is 0 Å². The molecule has 0 saturated carbocycles. The molecule has 0 atom stereocenters. The Kier molecular flexibility index (Phi) is 4.12. The summed E-state index contributed by atoms with van der Waals surface area (Å²) in [4.78, 5) is 4.22. The highest BCUT2D eigenvalue weighted by atomic mass is 16.3. The topological polar surface area (TPSA) is 71.2 Å². The summed E-state index contributed by atoms with van der Waals surface area (Å²) in [5.41, 5.74) is 7.11. The van der Waals surface area contributed by atoms with Crippen molar-refractivity contribution in [3.8, 4) is 0 Å². The van der Waals surface area contributed by atoms with Crippen molar-refractivity contribution in [3.63, 3.8) is 0 Å². The van der Waals surface area contributed by atoms with Crippen LogP contribution in [-0.4, -0.2) is 22.2 Å². The number of nitrogens with two attached hydrogens (primary N) is 1. The summed E-state index contributed by atoms with van der Waals surface area (Å²) in [6.45, 7) is 6.15. The highest BCUT2D eigenvalue weighted by molar-refractivity contribution is 5.51. The lowest BCUT2D eigenvalue weighted by Gasteiger charge is -2.31. The predicted octanol–water partition coefficient (Wildman–Crippen LogP) is 1.94. The zero-order chi connectivity index (χ0) is 12.2. The molecule has 0 fully saturated rings. The zero-order valence-electron chi connectivity index (χ0n) is 10.2. The number of aliphatic hydroxyl groups is 1. The Balaban J connectivity index is 2.89. The second kappa shape index (κ2) is 5.16. The van der Waals surface area contributed by atoms with Crippen molar-refractivity contribution in [2.24, 2.45) is 0 Å². The molecule has 0 aliphatic carbocycles. The van der Waals surface area contributed by atoms with E-state index < -0.39 is 0 Å². The fraction of sp³-hybridized carbons (Fsp3) is 0.583. The summed E-state index contributed by atoms with van der Waals surface area (Å²) in [7, 11) is 0. The Labute approximate surface area is 96.9 Å². The van der Waals surface area contributed by atoms with Gasteiger partial charge in [0.25, 0.3) is 0 Å². The van der Waals surface area contributed by atoms with Crippen LogP contribution in [0, 0.1) is 6.92 Å². The van der Waals surface area contributed by atoms with Crippen molar-refractivity contribution in [2.45, 2.75) is 39.2 Å². The highest BCUT2D eigenvalue weighted by Gasteiger charge is 2.25. The summed E-state index contributed by atoms with van der Waals surface area (Å²) in [6.07, 6.45) is 3.35. The van der Waals surface area contributed by atoms with Crippen LogP contribution in [-0.2, 0) is 0 Å². The summed E-state index contributed by atoms with van der Waals surface area (Å²) < 4.78 is 0. The van der Waals surface area contributed by atoms with Gasteiger partial charge in [0.05, 0.1) is 24.0 Å². The van der Waals surface area contributed by atoms with Gasteiger partial charge in [0.1, 0.15) is 5.82 Å². The van der Waals surface area contributed by atoms with E-state index in [-0.39, 0.29) is 12.1 Å². The van der Waals surface area contributed by atoms with Crippen LogP contribution >= 0.6 is 0 Å². The average Bonchev–Trinajstić information content (AvgIpc) is 2.31. The van der Waals surface area contributed by atoms with Gasteiger partial charge in [0.2, 0.25) is 0 Å². The van der Waals surface area contributed by atoms with Crippen LogP contribution in [0.4, 0.5) is 11.5 Å². The molecule has 0 spiro atoms. The number of rotatable bonds is 5. The molecule has 0 saturated heterocycles. The van der Waals surface area contributed by atoms with Gasteiger partial charge >= 0.3 is 0 Å². The van der Waals surface area contributed by atoms with E-state index >= 15 is 0 Å². The molecule has 0 aliphatic rings. The average molecular weight is 223 g/mol. The molecule has 1 aromatic heterocycles. The van der Waals surface area contributed by atoms with Crippen LogP contribution in [0.15, 0.2) is 12.3 Å². The van der Waals surface area contributed by atoms with Crippen molar-refractivity contribution < 1.29 is 5.11 Å². The maximum absolute atomic E-state index is 9.45. The molecular formula is C12H21N3O. The van der Waals surface area contributed by atoms with Gasteiger partial charge in [-0.15, -0.1) is 0 Å². The van der Waals surface area contributed by atoms with E-state index in [1.165, 1.54) is 0 Å². The summed E-state index contributed by atoms with van der Waals surface area (Å²) in [6, 6.07) is 1.91. The summed E-state index contributed by atoms with van der Waals surface area (Å²) in [5.74, 6) is 0.768. The fourth-order valence-corrected chi connectivity index (χ4v) is 1.60. The van der Waals surface area contributed by atoms with Gasteiger partial charge in [0.15, 0.2) is 0 Å². The lowest BCUT2D eigenvalue weighted by Crippen LogP contribution is -2.41. The van der Waals surface area contributed by atoms with Crippen LogP contribution < -0.4 is 11.1 Å². The minimum Gasteiger partial charge on any atom is -0.397 e. The Hall–Kier alpha value is -1.29. The molecule has 0 amide bonds. The first-order valence-electron chi connectivity index (χ1n) is 5.68. The van der Waals surface area contributed by atoms with E-state index in [0.717, 1.165) is 24.2 Å². The van der Waals surface area contributed by atoms with Gasteiger partial charge < -0.3 is 16.2 Å². The van der Waals surface area contributed by atoms with E-state index in [9.17, 15) is 5.11 Å². The Morgan fingerprint density at radius 2 is 2.06 bits per heavy atom. The molecule has 0 bridgehead atoms. The molecule has 90 valence electrons. The number of aliphatic hydroxyl groups excluding tert-OH is 1. The minimum atomic E-state index is -0.282. The third-order valence-corrected chi connectivity index (χ3v) is 3.20. The van der Waals surface area contributed by atoms with E-state index in [1.54, 1.807) is 6.20 Å². The number of hydrogen-bond donors (Lipinski definition) is 3. The number of aromatic nitrogens is 1. The predicted molar refractivity (Wildman–Crippen MR) is 67.4 cm³/mol. The summed E-state index contributed by atoms with van der Waals surface area (Å²) in [5, 5.41) is 12.7. The SMILES string of the molecule is CCC(CC)(CO)Nc1cc(C)c(N)cn1. The molecule has 0 aliphatic heterocycles. The third-order valence-electron chi connectivity index (χ3n) is 3.20. The molecule has 0 unspecified atom stereocenters. The van der Waals surface area contributed by atoms with Crippen molar-refractivity contribution in [1.82, 2.24) is 4.98 Å². The maximum Gasteiger partial charge on any atom is 0.126 e. The van der Waals surface area contributed by atoms with Gasteiger partial charge in [-0.05, 0) is 31.4 Å². The van der Waals surface area contributed by atoms with E-state index in [2.05, 4.69) is 24.1 Å². The van der Waals surface area contributed by atoms with E-state index in [0.29, 0.717) is 5.69 Å². The molecular weight excluding hydrogens is 202 g/mol. The van der Waals surface area contributed by atoms with Crippen LogP contribution in [0.25, 0.3) is 0 Å². The fourth-order valence-electron chi connectivity index (χ4n) is 1.60. The van der Waals surface area contributed by atoms with Gasteiger partial charge in [-0.2, -0.15) is 0 Å². The number of nitrogens with zero attached hydrogens (tertiary/aromatic N) is 1. The van der Waals surface area contributed by atoms with Crippen LogP contribution in [0.3, 0.4) is 0 Å². The standard InChI is InChI=1S/C12H21N3O/c1-4-12(5-2,8-16)15-11-6-9(3)10(13)7-14-11/h6-7,16H,4-5,8,13H2,1-3H3,(H,14,15). The number of anilines is 2. The zero-order valence-corrected chi connectivity index (χ0v) is 10.2. The van der Waals surface area contributed by atoms with Gasteiger partial charge in [-0.1, -0.05) is 13.8 Å². The quantitative estimate of drug-likeness (QED) is 0.713.